The number of ketones is 5. The number of hydrogen-bond acceptors (Lipinski definition) is 16. The molecule has 6 aromatic rings. The average Bonchev–Trinajstić information content (AvgIpc) is 1.60. The molecule has 2 spiro atoms. The van der Waals surface area contributed by atoms with Crippen molar-refractivity contribution >= 4 is 130 Å². The van der Waals surface area contributed by atoms with Crippen molar-refractivity contribution in [1.82, 2.24) is 20.4 Å². The van der Waals surface area contributed by atoms with Gasteiger partial charge in [-0.15, -0.1) is 22.7 Å². The van der Waals surface area contributed by atoms with Crippen molar-refractivity contribution in [2.45, 2.75) is 263 Å². The second-order valence-corrected chi connectivity index (χ2v) is 35.0. The van der Waals surface area contributed by atoms with Crippen molar-refractivity contribution in [3.05, 3.63) is 140 Å². The highest BCUT2D eigenvalue weighted by Gasteiger charge is 2.57. The SMILES string of the molecule is C.C.CCC[C@@H](CC(=O)[C@@H]1C[C@]2(CC(c3cccc(Cl)c3)=NO2)CN1C(=O)[C@H](Cc1csc2ccccc12)NC(=O)CC1CCCCC1)C(=O)C(=O)CC1CC1.CCC[C@@H](CC(=O)[C@@H]1C[C@]2(CC(c3cccc(Cl)c3)=NO2)CN1C(=O)[C@H](Cc1csc2ccccc12)NC(=O)CC1CCCCC1)C(O)C(=O)CC1CC1. The molecule has 18 nitrogen and oxygen atoms in total. The zero-order valence-electron chi connectivity index (χ0n) is 62.2. The van der Waals surface area contributed by atoms with E-state index in [-0.39, 0.29) is 126 Å². The predicted molar refractivity (Wildman–Crippen MR) is 436 cm³/mol. The summed E-state index contributed by atoms with van der Waals surface area (Å²) >= 11 is 15.8. The van der Waals surface area contributed by atoms with E-state index in [1.165, 1.54) is 12.8 Å². The fourth-order valence-corrected chi connectivity index (χ4v) is 19.9. The number of halogens is 2. The Labute approximate surface area is 666 Å². The first-order valence-corrected chi connectivity index (χ1v) is 42.2. The van der Waals surface area contributed by atoms with Crippen LogP contribution >= 0.6 is 45.9 Å². The molecule has 2 aromatic heterocycles. The molecule has 0 radical (unpaired) electrons. The molecule has 4 saturated carbocycles. The van der Waals surface area contributed by atoms with E-state index in [9.17, 15) is 43.5 Å². The minimum Gasteiger partial charge on any atom is -0.387 e. The quantitative estimate of drug-likeness (QED) is 0.0334. The van der Waals surface area contributed by atoms with Crippen molar-refractivity contribution < 1.29 is 57.9 Å². The number of carbonyl (C=O) groups excluding carboxylic acids is 9. The Hall–Kier alpha value is -7.49. The molecule has 0 bridgehead atoms. The van der Waals surface area contributed by atoms with E-state index in [1.807, 2.05) is 110 Å². The van der Waals surface area contributed by atoms with Crippen molar-refractivity contribution in [1.29, 1.82) is 0 Å². The molecule has 4 aliphatic heterocycles. The van der Waals surface area contributed by atoms with E-state index in [2.05, 4.69) is 20.9 Å². The van der Waals surface area contributed by atoms with E-state index in [4.69, 9.17) is 32.9 Å². The summed E-state index contributed by atoms with van der Waals surface area (Å²) in [5.74, 6) is -2.73. The Bertz CT molecular complexity index is 4360. The Kier molecular flexibility index (Phi) is 28.7. The summed E-state index contributed by atoms with van der Waals surface area (Å²) in [7, 11) is 0. The van der Waals surface area contributed by atoms with Gasteiger partial charge in [0.15, 0.2) is 34.3 Å². The van der Waals surface area contributed by atoms with Gasteiger partial charge in [-0.2, -0.15) is 0 Å². The molecular weight excluding hydrogens is 1470 g/mol. The highest BCUT2D eigenvalue weighted by molar-refractivity contribution is 7.17. The zero-order valence-corrected chi connectivity index (χ0v) is 65.3. The smallest absolute Gasteiger partial charge is 0.246 e. The topological polar surface area (TPSA) is 248 Å². The Morgan fingerprint density at radius 1 is 0.545 bits per heavy atom. The van der Waals surface area contributed by atoms with Crippen LogP contribution in [0, 0.1) is 35.5 Å². The maximum absolute atomic E-state index is 15.0. The molecule has 4 aliphatic carbocycles. The Balaban J connectivity index is 0.000000214. The van der Waals surface area contributed by atoms with Gasteiger partial charge in [-0.3, -0.25) is 43.2 Å². The van der Waals surface area contributed by atoms with Gasteiger partial charge in [0.25, 0.3) is 0 Å². The standard InChI is InChI=1S/C43H52ClN3O6S.C43H50ClN3O6S.2CH4/c2*1-2-9-30(41(51)38(49)18-28-16-17-28)22-37(48)36-24-43(23-35(46-53-43)29-12-8-13-32(44)20-29)26-47(36)42(52)34(45-40(50)19-27-10-4-3-5-11-27)21-31-25-54-39-15-7-6-14-33(31)39;;/h6-8,12-15,20,25,27-28,30,34,36,41,51H,2-5,9-11,16-19,21-24,26H2,1H3,(H,45,50);6-8,12-15,20,25,27-28,30,34,36H,2-5,9-11,16-19,21-24,26H2,1H3,(H,45,50);2*1H4/t30-,34-,36-,41?,43+;30-,34-,36-,43+;;/m00../s1. The summed E-state index contributed by atoms with van der Waals surface area (Å²) in [4.78, 5) is 141. The van der Waals surface area contributed by atoms with E-state index >= 15 is 4.79 Å². The number of benzene rings is 4. The third-order valence-electron chi connectivity index (χ3n) is 23.7. The highest BCUT2D eigenvalue weighted by Crippen LogP contribution is 2.44. The van der Waals surface area contributed by atoms with Crippen LogP contribution < -0.4 is 10.6 Å². The molecule has 1 unspecified atom stereocenters. The number of carbonyl (C=O) groups is 9. The van der Waals surface area contributed by atoms with Gasteiger partial charge in [0.1, 0.15) is 18.2 Å². The van der Waals surface area contributed by atoms with Crippen molar-refractivity contribution in [3.8, 4) is 0 Å². The third-order valence-corrected chi connectivity index (χ3v) is 26.2. The lowest BCUT2D eigenvalue weighted by molar-refractivity contribution is -0.143. The predicted octanol–water partition coefficient (Wildman–Crippen LogP) is 17.1. The lowest BCUT2D eigenvalue weighted by Crippen LogP contribution is -2.53. The van der Waals surface area contributed by atoms with Crippen LogP contribution in [0.15, 0.2) is 118 Å². The van der Waals surface area contributed by atoms with Crippen molar-refractivity contribution in [2.24, 2.45) is 45.8 Å². The number of rotatable bonds is 32. The van der Waals surface area contributed by atoms with Gasteiger partial charge in [0, 0.05) is 114 Å². The number of nitrogens with one attached hydrogen (secondary N) is 2. The molecule has 4 aromatic carbocycles. The summed E-state index contributed by atoms with van der Waals surface area (Å²) in [5.41, 5.74) is 2.94. The molecule has 9 atom stereocenters. The first-order chi connectivity index (χ1) is 52.2. The summed E-state index contributed by atoms with van der Waals surface area (Å²) in [6.45, 7) is 4.11. The van der Waals surface area contributed by atoms with Crippen molar-refractivity contribution in [3.63, 3.8) is 0 Å². The van der Waals surface area contributed by atoms with Crippen LogP contribution in [0.3, 0.4) is 0 Å². The molecule has 110 heavy (non-hydrogen) atoms. The normalized spacial score (nSPS) is 22.4. The number of oxime groups is 2. The fourth-order valence-electron chi connectivity index (χ4n) is 17.5. The van der Waals surface area contributed by atoms with E-state index in [0.29, 0.717) is 91.1 Å². The van der Waals surface area contributed by atoms with Crippen LogP contribution in [0.4, 0.5) is 0 Å². The number of amides is 4. The van der Waals surface area contributed by atoms with Crippen LogP contribution in [0.5, 0.6) is 0 Å². The summed E-state index contributed by atoms with van der Waals surface area (Å²) in [6, 6.07) is 27.1. The van der Waals surface area contributed by atoms with Gasteiger partial charge >= 0.3 is 0 Å². The minimum atomic E-state index is -1.23. The number of fused-ring (bicyclic) bond motifs is 2. The van der Waals surface area contributed by atoms with Crippen LogP contribution in [-0.4, -0.2) is 133 Å². The van der Waals surface area contributed by atoms with Gasteiger partial charge in [0.2, 0.25) is 29.4 Å². The number of aliphatic hydroxyl groups excluding tert-OH is 1. The zero-order chi connectivity index (χ0) is 75.6. The van der Waals surface area contributed by atoms with Gasteiger partial charge < -0.3 is 35.2 Å². The van der Waals surface area contributed by atoms with Crippen LogP contribution in [0.25, 0.3) is 20.2 Å². The van der Waals surface area contributed by atoms with E-state index in [1.54, 1.807) is 44.6 Å². The summed E-state index contributed by atoms with van der Waals surface area (Å²) < 4.78 is 2.19. The largest absolute Gasteiger partial charge is 0.387 e. The molecule has 6 fully saturated rings. The van der Waals surface area contributed by atoms with Gasteiger partial charge in [-0.25, -0.2) is 0 Å². The molecule has 3 N–H and O–H groups in total. The van der Waals surface area contributed by atoms with Crippen LogP contribution in [-0.2, 0) is 65.7 Å². The maximum atomic E-state index is 15.0. The number of hydrogen-bond donors (Lipinski definition) is 3. The number of aliphatic hydroxyl groups is 1. The molecule has 2 saturated heterocycles. The average molecular weight is 1580 g/mol. The number of thiophene rings is 2. The van der Waals surface area contributed by atoms with Crippen LogP contribution in [0.2, 0.25) is 10.0 Å². The second kappa shape index (κ2) is 37.9. The summed E-state index contributed by atoms with van der Waals surface area (Å²) in [6.07, 6.45) is 18.5. The molecule has 4 amide bonds. The molecule has 6 heterocycles. The minimum absolute atomic E-state index is 0. The summed E-state index contributed by atoms with van der Waals surface area (Å²) in [5, 5.41) is 33.6. The van der Waals surface area contributed by atoms with Crippen LogP contribution in [0.1, 0.15) is 231 Å². The number of nitrogens with zero attached hydrogens (tertiary/aromatic N) is 4. The lowest BCUT2D eigenvalue weighted by atomic mass is 9.85. The maximum Gasteiger partial charge on any atom is 0.246 e. The number of likely N-dealkylation sites (tertiary alicyclic amines) is 2. The molecule has 590 valence electrons. The van der Waals surface area contributed by atoms with E-state index in [0.717, 1.165) is 119 Å². The lowest BCUT2D eigenvalue weighted by Gasteiger charge is -2.30. The molecule has 22 heteroatoms. The Morgan fingerprint density at radius 2 is 0.982 bits per heavy atom. The highest BCUT2D eigenvalue weighted by atomic mass is 35.5. The van der Waals surface area contributed by atoms with Gasteiger partial charge in [-0.05, 0) is 163 Å². The van der Waals surface area contributed by atoms with Gasteiger partial charge in [0.05, 0.1) is 36.6 Å². The van der Waals surface area contributed by atoms with Crippen molar-refractivity contribution in [2.75, 3.05) is 13.1 Å². The fraction of sp³-hybridized carbons (Fsp3) is 0.557. The molecular formula is C88H110Cl2N6O12S2. The van der Waals surface area contributed by atoms with Gasteiger partial charge in [-0.1, -0.05) is 174 Å². The Morgan fingerprint density at radius 3 is 1.43 bits per heavy atom. The first kappa shape index (κ1) is 83.4. The van der Waals surface area contributed by atoms with E-state index < -0.39 is 64.9 Å². The first-order valence-electron chi connectivity index (χ1n) is 39.7. The second-order valence-electron chi connectivity index (χ2n) is 32.3. The monoisotopic (exact) mass is 1580 g/mol. The molecule has 14 rings (SSSR count). The third kappa shape index (κ3) is 20.8. The number of Topliss-reactive ketones (excluding diaryl/α,β-unsaturated/α-hetero) is 5. The molecule has 8 aliphatic rings.